The highest BCUT2D eigenvalue weighted by Crippen LogP contribution is 2.24. The van der Waals surface area contributed by atoms with Crippen molar-refractivity contribution in [3.8, 4) is 0 Å². The van der Waals surface area contributed by atoms with Crippen LogP contribution in [-0.2, 0) is 4.74 Å². The number of oxime groups is 1. The molecule has 1 unspecified atom stereocenters. The molecular formula is C10H19N3O2. The highest BCUT2D eigenvalue weighted by molar-refractivity contribution is 5.84. The molecule has 0 aromatic heterocycles. The molecule has 5 nitrogen and oxygen atoms in total. The van der Waals surface area contributed by atoms with Crippen molar-refractivity contribution < 1.29 is 9.94 Å². The maximum absolute atomic E-state index is 8.60. The lowest BCUT2D eigenvalue weighted by atomic mass is 10.1. The minimum Gasteiger partial charge on any atom is -0.409 e. The monoisotopic (exact) mass is 213 g/mol. The lowest BCUT2D eigenvalue weighted by Gasteiger charge is -2.36. The molecule has 0 aromatic carbocycles. The van der Waals surface area contributed by atoms with E-state index in [1.54, 1.807) is 0 Å². The standard InChI is InChI=1S/C10H19N3O2/c11-10(12-14)9-7-13(5-6-15-9)8-3-1-2-4-8/h8-9,14H,1-7H2,(H2,11,12). The smallest absolute Gasteiger partial charge is 0.169 e. The van der Waals surface area contributed by atoms with Crippen molar-refractivity contribution in [1.29, 1.82) is 0 Å². The van der Waals surface area contributed by atoms with Crippen LogP contribution < -0.4 is 5.73 Å². The molecule has 1 heterocycles. The van der Waals surface area contributed by atoms with Gasteiger partial charge in [-0.05, 0) is 12.8 Å². The summed E-state index contributed by atoms with van der Waals surface area (Å²) in [6, 6.07) is 0.683. The second-order valence-corrected chi connectivity index (χ2v) is 4.32. The Morgan fingerprint density at radius 1 is 1.40 bits per heavy atom. The third-order valence-electron chi connectivity index (χ3n) is 3.38. The van der Waals surface area contributed by atoms with Crippen LogP contribution >= 0.6 is 0 Å². The number of amidine groups is 1. The molecule has 0 amide bonds. The van der Waals surface area contributed by atoms with E-state index in [-0.39, 0.29) is 11.9 Å². The first-order valence-electron chi connectivity index (χ1n) is 5.64. The van der Waals surface area contributed by atoms with E-state index in [9.17, 15) is 0 Å². The van der Waals surface area contributed by atoms with E-state index < -0.39 is 0 Å². The van der Waals surface area contributed by atoms with Crippen LogP contribution in [0.1, 0.15) is 25.7 Å². The molecule has 1 atom stereocenters. The summed E-state index contributed by atoms with van der Waals surface area (Å²) in [7, 11) is 0. The first-order chi connectivity index (χ1) is 7.31. The van der Waals surface area contributed by atoms with Gasteiger partial charge in [0.1, 0.15) is 6.10 Å². The maximum atomic E-state index is 8.60. The molecule has 1 saturated heterocycles. The summed E-state index contributed by atoms with van der Waals surface area (Å²) in [5, 5.41) is 11.6. The van der Waals surface area contributed by atoms with Gasteiger partial charge in [-0.25, -0.2) is 0 Å². The highest BCUT2D eigenvalue weighted by atomic mass is 16.5. The van der Waals surface area contributed by atoms with Gasteiger partial charge in [0.15, 0.2) is 5.84 Å². The van der Waals surface area contributed by atoms with Gasteiger partial charge in [0.05, 0.1) is 6.61 Å². The van der Waals surface area contributed by atoms with Crippen LogP contribution in [0, 0.1) is 0 Å². The molecular weight excluding hydrogens is 194 g/mol. The summed E-state index contributed by atoms with van der Waals surface area (Å²) in [5.74, 6) is 0.192. The molecule has 1 aliphatic heterocycles. The van der Waals surface area contributed by atoms with Crippen molar-refractivity contribution in [2.75, 3.05) is 19.7 Å². The fraction of sp³-hybridized carbons (Fsp3) is 0.900. The molecule has 15 heavy (non-hydrogen) atoms. The van der Waals surface area contributed by atoms with Crippen LogP contribution in [0.5, 0.6) is 0 Å². The van der Waals surface area contributed by atoms with Gasteiger partial charge in [-0.1, -0.05) is 18.0 Å². The Morgan fingerprint density at radius 2 is 2.13 bits per heavy atom. The van der Waals surface area contributed by atoms with E-state index in [4.69, 9.17) is 15.7 Å². The highest BCUT2D eigenvalue weighted by Gasteiger charge is 2.29. The van der Waals surface area contributed by atoms with Gasteiger partial charge in [0.2, 0.25) is 0 Å². The zero-order chi connectivity index (χ0) is 10.7. The summed E-state index contributed by atoms with van der Waals surface area (Å²) in [6.07, 6.45) is 4.99. The van der Waals surface area contributed by atoms with Crippen molar-refractivity contribution in [2.24, 2.45) is 10.9 Å². The fourth-order valence-electron chi connectivity index (χ4n) is 2.51. The van der Waals surface area contributed by atoms with Crippen molar-refractivity contribution in [3.63, 3.8) is 0 Å². The maximum Gasteiger partial charge on any atom is 0.169 e. The number of nitrogens with zero attached hydrogens (tertiary/aromatic N) is 2. The van der Waals surface area contributed by atoms with E-state index in [1.807, 2.05) is 0 Å². The van der Waals surface area contributed by atoms with Gasteiger partial charge in [0.25, 0.3) is 0 Å². The SMILES string of the molecule is NC(=NO)C1CN(C2CCCC2)CCO1. The molecule has 0 spiro atoms. The molecule has 1 saturated carbocycles. The fourth-order valence-corrected chi connectivity index (χ4v) is 2.51. The predicted octanol–water partition coefficient (Wildman–Crippen LogP) is 0.376. The Labute approximate surface area is 89.9 Å². The van der Waals surface area contributed by atoms with Gasteiger partial charge in [-0.2, -0.15) is 0 Å². The van der Waals surface area contributed by atoms with Gasteiger partial charge in [-0.15, -0.1) is 0 Å². The summed E-state index contributed by atoms with van der Waals surface area (Å²) in [6.45, 7) is 2.41. The second-order valence-electron chi connectivity index (χ2n) is 4.32. The van der Waals surface area contributed by atoms with Gasteiger partial charge >= 0.3 is 0 Å². The van der Waals surface area contributed by atoms with E-state index in [2.05, 4.69) is 10.1 Å². The number of hydrogen-bond acceptors (Lipinski definition) is 4. The Balaban J connectivity index is 1.91. The molecule has 0 radical (unpaired) electrons. The topological polar surface area (TPSA) is 71.1 Å². The van der Waals surface area contributed by atoms with Crippen molar-refractivity contribution in [3.05, 3.63) is 0 Å². The Bertz CT molecular complexity index is 239. The number of hydrogen-bond donors (Lipinski definition) is 2. The van der Waals surface area contributed by atoms with Crippen molar-refractivity contribution in [1.82, 2.24) is 4.90 Å². The molecule has 5 heteroatoms. The van der Waals surface area contributed by atoms with E-state index in [0.29, 0.717) is 12.6 Å². The lowest BCUT2D eigenvalue weighted by Crippen LogP contribution is -2.51. The van der Waals surface area contributed by atoms with Crippen molar-refractivity contribution in [2.45, 2.75) is 37.8 Å². The Kier molecular flexibility index (Phi) is 3.43. The van der Waals surface area contributed by atoms with Crippen LogP contribution in [0.25, 0.3) is 0 Å². The number of rotatable bonds is 2. The molecule has 2 rings (SSSR count). The zero-order valence-electron chi connectivity index (χ0n) is 8.93. The molecule has 2 fully saturated rings. The quantitative estimate of drug-likeness (QED) is 0.301. The van der Waals surface area contributed by atoms with Gasteiger partial charge in [0, 0.05) is 19.1 Å². The van der Waals surface area contributed by atoms with Crippen LogP contribution in [0.2, 0.25) is 0 Å². The summed E-state index contributed by atoms with van der Waals surface area (Å²) in [5.41, 5.74) is 5.56. The average molecular weight is 213 g/mol. The summed E-state index contributed by atoms with van der Waals surface area (Å²) in [4.78, 5) is 2.42. The minimum absolute atomic E-state index is 0.192. The van der Waals surface area contributed by atoms with Crippen LogP contribution in [0.15, 0.2) is 5.16 Å². The Morgan fingerprint density at radius 3 is 2.80 bits per heavy atom. The first kappa shape index (κ1) is 10.7. The third kappa shape index (κ3) is 2.41. The normalized spacial score (nSPS) is 30.9. The van der Waals surface area contributed by atoms with E-state index in [0.717, 1.165) is 13.1 Å². The lowest BCUT2D eigenvalue weighted by molar-refractivity contribution is -0.0120. The largest absolute Gasteiger partial charge is 0.409 e. The van der Waals surface area contributed by atoms with Crippen molar-refractivity contribution >= 4 is 5.84 Å². The number of nitrogens with two attached hydrogens (primary N) is 1. The summed E-state index contributed by atoms with van der Waals surface area (Å²) >= 11 is 0. The van der Waals surface area contributed by atoms with Crippen LogP contribution in [0.3, 0.4) is 0 Å². The van der Waals surface area contributed by atoms with E-state index in [1.165, 1.54) is 25.7 Å². The molecule has 0 aromatic rings. The average Bonchev–Trinajstić information content (AvgIpc) is 2.82. The third-order valence-corrected chi connectivity index (χ3v) is 3.38. The molecule has 3 N–H and O–H groups in total. The van der Waals surface area contributed by atoms with Crippen LogP contribution in [-0.4, -0.2) is 47.8 Å². The van der Waals surface area contributed by atoms with E-state index >= 15 is 0 Å². The molecule has 1 aliphatic carbocycles. The van der Waals surface area contributed by atoms with Gasteiger partial charge < -0.3 is 15.7 Å². The number of ether oxygens (including phenoxy) is 1. The molecule has 2 aliphatic rings. The predicted molar refractivity (Wildman–Crippen MR) is 57.0 cm³/mol. The Hall–Kier alpha value is -0.810. The van der Waals surface area contributed by atoms with Gasteiger partial charge in [-0.3, -0.25) is 4.90 Å². The summed E-state index contributed by atoms with van der Waals surface area (Å²) < 4.78 is 5.46. The minimum atomic E-state index is -0.232. The number of morpholine rings is 1. The molecule has 0 bridgehead atoms. The zero-order valence-corrected chi connectivity index (χ0v) is 8.93. The first-order valence-corrected chi connectivity index (χ1v) is 5.64. The second kappa shape index (κ2) is 4.81. The van der Waals surface area contributed by atoms with Crippen LogP contribution in [0.4, 0.5) is 0 Å². The molecule has 86 valence electrons.